The van der Waals surface area contributed by atoms with Gasteiger partial charge in [-0.3, -0.25) is 4.79 Å². The molecule has 0 aliphatic carbocycles. The van der Waals surface area contributed by atoms with Gasteiger partial charge >= 0.3 is 5.97 Å². The van der Waals surface area contributed by atoms with Gasteiger partial charge in [0.05, 0.1) is 32.5 Å². The predicted octanol–water partition coefficient (Wildman–Crippen LogP) is 3.81. The van der Waals surface area contributed by atoms with E-state index in [2.05, 4.69) is 5.32 Å². The third-order valence-electron chi connectivity index (χ3n) is 4.08. The molecule has 0 aliphatic heterocycles. The molecule has 0 spiro atoms. The van der Waals surface area contributed by atoms with E-state index in [1.165, 1.54) is 21.1 Å². The highest BCUT2D eigenvalue weighted by atomic mass is 16.5. The number of carbonyl (C=O) groups is 2. The van der Waals surface area contributed by atoms with Gasteiger partial charge in [0.1, 0.15) is 0 Å². The van der Waals surface area contributed by atoms with Crippen molar-refractivity contribution in [3.8, 4) is 11.5 Å². The number of nitrogens with one attached hydrogen (secondary N) is 1. The summed E-state index contributed by atoms with van der Waals surface area (Å²) in [5.74, 6) is 0.00696. The monoisotopic (exact) mass is 401 g/mol. The second-order valence-electron chi connectivity index (χ2n) is 6.66. The summed E-state index contributed by atoms with van der Waals surface area (Å²) < 4.78 is 21.2. The number of benzene rings is 2. The Balaban J connectivity index is 1.94. The zero-order valence-electron chi connectivity index (χ0n) is 17.4. The highest BCUT2D eigenvalue weighted by molar-refractivity contribution is 5.97. The predicted molar refractivity (Wildman–Crippen MR) is 109 cm³/mol. The summed E-state index contributed by atoms with van der Waals surface area (Å²) in [4.78, 5) is 24.7. The van der Waals surface area contributed by atoms with Crippen LogP contribution < -0.4 is 14.8 Å². The molecule has 0 aromatic heterocycles. The molecule has 2 rings (SSSR count). The van der Waals surface area contributed by atoms with Crippen LogP contribution in [0.5, 0.6) is 11.5 Å². The quantitative estimate of drug-likeness (QED) is 0.644. The van der Waals surface area contributed by atoms with Gasteiger partial charge in [0.25, 0.3) is 5.91 Å². The highest BCUT2D eigenvalue weighted by Crippen LogP contribution is 2.29. The van der Waals surface area contributed by atoms with Gasteiger partial charge in [-0.2, -0.15) is 0 Å². The number of esters is 1. The molecule has 0 bridgehead atoms. The van der Waals surface area contributed by atoms with Crippen LogP contribution in [0.25, 0.3) is 0 Å². The average Bonchev–Trinajstić information content (AvgIpc) is 2.72. The van der Waals surface area contributed by atoms with Crippen molar-refractivity contribution >= 4 is 17.6 Å². The molecular formula is C22H27NO6. The van der Waals surface area contributed by atoms with Crippen LogP contribution in [0.4, 0.5) is 5.69 Å². The summed E-state index contributed by atoms with van der Waals surface area (Å²) in [6, 6.07) is 11.9. The van der Waals surface area contributed by atoms with Gasteiger partial charge in [-0.05, 0) is 50.6 Å². The number of methoxy groups -OCH3 is 2. The number of carbonyl (C=O) groups excluding carboxylic acids is 2. The first-order chi connectivity index (χ1) is 13.8. The van der Waals surface area contributed by atoms with Crippen molar-refractivity contribution in [2.45, 2.75) is 39.6 Å². The van der Waals surface area contributed by atoms with Crippen LogP contribution in [-0.2, 0) is 20.9 Å². The number of hydrogen-bond donors (Lipinski definition) is 1. The molecular weight excluding hydrogens is 374 g/mol. The normalized spacial score (nSPS) is 11.7. The van der Waals surface area contributed by atoms with Crippen molar-refractivity contribution in [1.82, 2.24) is 0 Å². The lowest BCUT2D eigenvalue weighted by atomic mass is 10.1. The Morgan fingerprint density at radius 3 is 2.17 bits per heavy atom. The zero-order valence-corrected chi connectivity index (χ0v) is 17.4. The molecule has 0 heterocycles. The van der Waals surface area contributed by atoms with Crippen LogP contribution >= 0.6 is 0 Å². The maximum atomic E-state index is 12.4. The highest BCUT2D eigenvalue weighted by Gasteiger charge is 2.19. The van der Waals surface area contributed by atoms with E-state index >= 15 is 0 Å². The Morgan fingerprint density at radius 2 is 1.59 bits per heavy atom. The van der Waals surface area contributed by atoms with E-state index in [4.69, 9.17) is 18.9 Å². The second-order valence-corrected chi connectivity index (χ2v) is 6.66. The minimum absolute atomic E-state index is 0.129. The van der Waals surface area contributed by atoms with Gasteiger partial charge in [-0.15, -0.1) is 0 Å². The van der Waals surface area contributed by atoms with Crippen LogP contribution in [0, 0.1) is 0 Å². The van der Waals surface area contributed by atoms with Crippen LogP contribution in [0.2, 0.25) is 0 Å². The molecule has 29 heavy (non-hydrogen) atoms. The lowest BCUT2D eigenvalue weighted by Gasteiger charge is -2.15. The van der Waals surface area contributed by atoms with E-state index in [9.17, 15) is 9.59 Å². The summed E-state index contributed by atoms with van der Waals surface area (Å²) in [6.07, 6.45) is -0.843. The maximum Gasteiger partial charge on any atom is 0.338 e. The Hall–Kier alpha value is -3.06. The first-order valence-electron chi connectivity index (χ1n) is 9.28. The average molecular weight is 401 g/mol. The molecule has 7 heteroatoms. The number of hydrogen-bond acceptors (Lipinski definition) is 6. The van der Waals surface area contributed by atoms with Crippen LogP contribution in [-0.4, -0.2) is 38.3 Å². The summed E-state index contributed by atoms with van der Waals surface area (Å²) in [6.45, 7) is 5.90. The topological polar surface area (TPSA) is 83.1 Å². The molecule has 0 aliphatic rings. The standard InChI is InChI=1S/C22H27NO6/c1-14(2)28-13-16-6-8-17(9-7-16)22(25)29-15(3)21(24)23-18-10-11-19(26-4)20(12-18)27-5/h6-12,14-15H,13H2,1-5H3,(H,23,24)/t15-/m0/s1. The number of ether oxygens (including phenoxy) is 4. The van der Waals surface area contributed by atoms with Crippen molar-refractivity contribution in [3.05, 3.63) is 53.6 Å². The minimum Gasteiger partial charge on any atom is -0.493 e. The number of anilines is 1. The fourth-order valence-corrected chi connectivity index (χ4v) is 2.44. The Bertz CT molecular complexity index is 832. The van der Waals surface area contributed by atoms with E-state index in [1.54, 1.807) is 42.5 Å². The fourth-order valence-electron chi connectivity index (χ4n) is 2.44. The Morgan fingerprint density at radius 1 is 0.931 bits per heavy atom. The van der Waals surface area contributed by atoms with E-state index < -0.39 is 18.0 Å². The van der Waals surface area contributed by atoms with Crippen LogP contribution in [0.3, 0.4) is 0 Å². The van der Waals surface area contributed by atoms with Gasteiger partial charge in [-0.25, -0.2) is 4.79 Å². The first-order valence-corrected chi connectivity index (χ1v) is 9.28. The Labute approximate surface area is 170 Å². The van der Waals surface area contributed by atoms with Gasteiger partial charge in [0.2, 0.25) is 0 Å². The van der Waals surface area contributed by atoms with E-state index in [0.29, 0.717) is 29.4 Å². The molecule has 0 saturated carbocycles. The maximum absolute atomic E-state index is 12.4. The molecule has 7 nitrogen and oxygen atoms in total. The molecule has 0 saturated heterocycles. The third-order valence-corrected chi connectivity index (χ3v) is 4.08. The minimum atomic E-state index is -0.973. The molecule has 2 aromatic carbocycles. The molecule has 0 unspecified atom stereocenters. The second kappa shape index (κ2) is 10.5. The molecule has 0 fully saturated rings. The molecule has 0 radical (unpaired) electrons. The summed E-state index contributed by atoms with van der Waals surface area (Å²) in [7, 11) is 3.04. The van der Waals surface area contributed by atoms with Crippen molar-refractivity contribution in [2.24, 2.45) is 0 Å². The summed E-state index contributed by atoms with van der Waals surface area (Å²) in [5.41, 5.74) is 1.82. The van der Waals surface area contributed by atoms with E-state index in [1.807, 2.05) is 13.8 Å². The Kier molecular flexibility index (Phi) is 8.03. The third kappa shape index (κ3) is 6.50. The van der Waals surface area contributed by atoms with E-state index in [-0.39, 0.29) is 6.10 Å². The molecule has 156 valence electrons. The van der Waals surface area contributed by atoms with Crippen molar-refractivity contribution in [1.29, 1.82) is 0 Å². The van der Waals surface area contributed by atoms with Gasteiger partial charge in [0, 0.05) is 11.8 Å². The molecule has 1 N–H and O–H groups in total. The lowest BCUT2D eigenvalue weighted by molar-refractivity contribution is -0.123. The zero-order chi connectivity index (χ0) is 21.4. The van der Waals surface area contributed by atoms with E-state index in [0.717, 1.165) is 5.56 Å². The van der Waals surface area contributed by atoms with Crippen LogP contribution in [0.15, 0.2) is 42.5 Å². The summed E-state index contributed by atoms with van der Waals surface area (Å²) in [5, 5.41) is 2.69. The summed E-state index contributed by atoms with van der Waals surface area (Å²) >= 11 is 0. The largest absolute Gasteiger partial charge is 0.493 e. The molecule has 2 aromatic rings. The SMILES string of the molecule is COc1ccc(NC(=O)[C@H](C)OC(=O)c2ccc(COC(C)C)cc2)cc1OC. The van der Waals surface area contributed by atoms with Crippen molar-refractivity contribution in [2.75, 3.05) is 19.5 Å². The van der Waals surface area contributed by atoms with Gasteiger partial charge in [-0.1, -0.05) is 12.1 Å². The van der Waals surface area contributed by atoms with Gasteiger partial charge < -0.3 is 24.3 Å². The van der Waals surface area contributed by atoms with Crippen LogP contribution in [0.1, 0.15) is 36.7 Å². The number of amides is 1. The van der Waals surface area contributed by atoms with Crippen molar-refractivity contribution in [3.63, 3.8) is 0 Å². The fraction of sp³-hybridized carbons (Fsp3) is 0.364. The molecule has 1 atom stereocenters. The van der Waals surface area contributed by atoms with Crippen molar-refractivity contribution < 1.29 is 28.5 Å². The molecule has 1 amide bonds. The number of rotatable bonds is 9. The lowest BCUT2D eigenvalue weighted by Crippen LogP contribution is -2.30. The first kappa shape index (κ1) is 22.2. The van der Waals surface area contributed by atoms with Gasteiger partial charge in [0.15, 0.2) is 17.6 Å². The smallest absolute Gasteiger partial charge is 0.338 e.